The van der Waals surface area contributed by atoms with Gasteiger partial charge in [0.2, 0.25) is 0 Å². The van der Waals surface area contributed by atoms with E-state index in [0.29, 0.717) is 11.1 Å². The van der Waals surface area contributed by atoms with Gasteiger partial charge < -0.3 is 10.1 Å². The molecular weight excluding hydrogens is 388 g/mol. The maximum absolute atomic E-state index is 6.47. The predicted molar refractivity (Wildman–Crippen MR) is 119 cm³/mol. The van der Waals surface area contributed by atoms with Gasteiger partial charge in [0, 0.05) is 16.6 Å². The van der Waals surface area contributed by atoms with Crippen molar-refractivity contribution in [2.24, 2.45) is 0 Å². The van der Waals surface area contributed by atoms with Gasteiger partial charge in [0.1, 0.15) is 5.75 Å². The number of halogens is 1. The van der Waals surface area contributed by atoms with Crippen LogP contribution in [0.2, 0.25) is 5.02 Å². The number of nitrogens with one attached hydrogen (secondary N) is 1. The van der Waals surface area contributed by atoms with Gasteiger partial charge in [0.25, 0.3) is 0 Å². The van der Waals surface area contributed by atoms with Crippen molar-refractivity contribution < 1.29 is 4.74 Å². The second-order valence-electron chi connectivity index (χ2n) is 7.28. The summed E-state index contributed by atoms with van der Waals surface area (Å²) in [6.45, 7) is 2.20. The minimum absolute atomic E-state index is 0.308. The van der Waals surface area contributed by atoms with E-state index in [1.165, 1.54) is 18.4 Å². The predicted octanol–water partition coefficient (Wildman–Crippen LogP) is 7.48. The lowest BCUT2D eigenvalue weighted by Gasteiger charge is -2.14. The molecule has 0 unspecified atom stereocenters. The minimum Gasteiger partial charge on any atom is -0.489 e. The number of nitrogens with zero attached hydrogens (tertiary/aromatic N) is 1. The quantitative estimate of drug-likeness (QED) is 0.436. The third kappa shape index (κ3) is 4.68. The third-order valence-corrected chi connectivity index (χ3v) is 6.12. The van der Waals surface area contributed by atoms with Crippen molar-refractivity contribution in [3.8, 4) is 17.0 Å². The van der Waals surface area contributed by atoms with Crippen molar-refractivity contribution in [2.75, 3.05) is 5.32 Å². The van der Waals surface area contributed by atoms with Gasteiger partial charge in [-0.2, -0.15) is 0 Å². The summed E-state index contributed by atoms with van der Waals surface area (Å²) in [5, 5.41) is 6.97. The topological polar surface area (TPSA) is 34.2 Å². The number of aromatic nitrogens is 1. The molecule has 0 atom stereocenters. The summed E-state index contributed by atoms with van der Waals surface area (Å²) in [6, 6.07) is 14.5. The van der Waals surface area contributed by atoms with Crippen LogP contribution < -0.4 is 10.1 Å². The van der Waals surface area contributed by atoms with Crippen molar-refractivity contribution in [1.82, 2.24) is 4.98 Å². The van der Waals surface area contributed by atoms with Crippen molar-refractivity contribution in [1.29, 1.82) is 0 Å². The molecule has 0 radical (unpaired) electrons. The molecule has 1 saturated carbocycles. The van der Waals surface area contributed by atoms with E-state index in [9.17, 15) is 0 Å². The smallest absolute Gasteiger partial charge is 0.187 e. The molecule has 5 heteroatoms. The summed E-state index contributed by atoms with van der Waals surface area (Å²) in [4.78, 5) is 4.72. The van der Waals surface area contributed by atoms with Crippen LogP contribution in [-0.4, -0.2) is 11.1 Å². The minimum atomic E-state index is 0.308. The summed E-state index contributed by atoms with van der Waals surface area (Å²) in [7, 11) is 0. The fraction of sp³-hybridized carbons (Fsp3) is 0.348. The lowest BCUT2D eigenvalue weighted by Crippen LogP contribution is -2.11. The van der Waals surface area contributed by atoms with Gasteiger partial charge in [0.05, 0.1) is 16.8 Å². The van der Waals surface area contributed by atoms with E-state index in [0.717, 1.165) is 53.5 Å². The second-order valence-corrected chi connectivity index (χ2v) is 8.54. The Morgan fingerprint density at radius 3 is 2.64 bits per heavy atom. The molecule has 0 amide bonds. The highest BCUT2D eigenvalue weighted by Gasteiger charge is 2.18. The Morgan fingerprint density at radius 1 is 1.14 bits per heavy atom. The average Bonchev–Trinajstić information content (AvgIpc) is 3.37. The Balaban J connectivity index is 1.43. The van der Waals surface area contributed by atoms with Gasteiger partial charge in [-0.05, 0) is 68.0 Å². The number of anilines is 2. The molecule has 3 nitrogen and oxygen atoms in total. The van der Waals surface area contributed by atoms with Gasteiger partial charge >= 0.3 is 0 Å². The van der Waals surface area contributed by atoms with E-state index in [-0.39, 0.29) is 0 Å². The van der Waals surface area contributed by atoms with Crippen LogP contribution in [-0.2, 0) is 6.42 Å². The van der Waals surface area contributed by atoms with Gasteiger partial charge in [0.15, 0.2) is 5.13 Å². The van der Waals surface area contributed by atoms with Crippen LogP contribution >= 0.6 is 22.9 Å². The van der Waals surface area contributed by atoms with Crippen LogP contribution in [0.4, 0.5) is 10.8 Å². The van der Waals surface area contributed by atoms with Crippen LogP contribution in [0.5, 0.6) is 5.75 Å². The van der Waals surface area contributed by atoms with Gasteiger partial charge in [-0.25, -0.2) is 4.98 Å². The molecule has 1 N–H and O–H groups in total. The van der Waals surface area contributed by atoms with Crippen molar-refractivity contribution >= 4 is 33.8 Å². The molecule has 1 aromatic heterocycles. The molecule has 3 aromatic rings. The first-order valence-electron chi connectivity index (χ1n) is 9.99. The molecular formula is C23H25ClN2OS. The molecule has 0 bridgehead atoms. The summed E-state index contributed by atoms with van der Waals surface area (Å²) in [5.74, 6) is 0.776. The molecule has 28 heavy (non-hydrogen) atoms. The molecule has 1 aliphatic carbocycles. The van der Waals surface area contributed by atoms with E-state index in [2.05, 4.69) is 41.9 Å². The van der Waals surface area contributed by atoms with Crippen LogP contribution in [0.1, 0.15) is 44.6 Å². The highest BCUT2D eigenvalue weighted by molar-refractivity contribution is 7.14. The first-order chi connectivity index (χ1) is 13.7. The van der Waals surface area contributed by atoms with Gasteiger partial charge in [-0.15, -0.1) is 11.3 Å². The summed E-state index contributed by atoms with van der Waals surface area (Å²) in [6.07, 6.45) is 7.32. The van der Waals surface area contributed by atoms with Crippen LogP contribution in [0.3, 0.4) is 0 Å². The summed E-state index contributed by atoms with van der Waals surface area (Å²) >= 11 is 8.06. The lowest BCUT2D eigenvalue weighted by atomic mass is 10.1. The second kappa shape index (κ2) is 8.97. The average molecular weight is 413 g/mol. The number of rotatable bonds is 7. The van der Waals surface area contributed by atoms with Gasteiger partial charge in [-0.3, -0.25) is 0 Å². The Hall–Kier alpha value is -2.04. The number of hydrogen-bond donors (Lipinski definition) is 1. The maximum atomic E-state index is 6.47. The van der Waals surface area contributed by atoms with E-state index in [4.69, 9.17) is 21.3 Å². The normalized spacial score (nSPS) is 14.4. The number of aryl methyl sites for hydroxylation is 1. The van der Waals surface area contributed by atoms with Crippen molar-refractivity contribution in [3.63, 3.8) is 0 Å². The first-order valence-corrected chi connectivity index (χ1v) is 11.2. The molecule has 2 aromatic carbocycles. The Kier molecular flexibility index (Phi) is 6.18. The highest BCUT2D eigenvalue weighted by Crippen LogP contribution is 2.34. The number of ether oxygens (including phenoxy) is 1. The molecule has 146 valence electrons. The zero-order valence-corrected chi connectivity index (χ0v) is 17.7. The monoisotopic (exact) mass is 412 g/mol. The molecule has 0 spiro atoms. The van der Waals surface area contributed by atoms with Crippen LogP contribution in [0.25, 0.3) is 11.3 Å². The molecule has 1 heterocycles. The standard InChI is InChI=1S/C23H25ClN2OS/c1-2-5-16-8-11-18(12-9-16)25-23-26-21(15-28-23)17-10-13-22(20(24)14-17)27-19-6-3-4-7-19/h8-15,19H,2-7H2,1H3,(H,25,26). The number of hydrogen-bond acceptors (Lipinski definition) is 4. The van der Waals surface area contributed by atoms with Crippen molar-refractivity contribution in [3.05, 3.63) is 58.4 Å². The lowest BCUT2D eigenvalue weighted by molar-refractivity contribution is 0.210. The molecule has 4 rings (SSSR count). The number of benzene rings is 2. The SMILES string of the molecule is CCCc1ccc(Nc2nc(-c3ccc(OC4CCCC4)c(Cl)c3)cs2)cc1. The molecule has 0 saturated heterocycles. The van der Waals surface area contributed by atoms with Crippen LogP contribution in [0.15, 0.2) is 47.8 Å². The number of thiazole rings is 1. The highest BCUT2D eigenvalue weighted by atomic mass is 35.5. The zero-order valence-electron chi connectivity index (χ0n) is 16.1. The van der Waals surface area contributed by atoms with Crippen LogP contribution in [0, 0.1) is 0 Å². The molecule has 1 fully saturated rings. The summed E-state index contributed by atoms with van der Waals surface area (Å²) in [5.41, 5.74) is 4.34. The van der Waals surface area contributed by atoms with E-state index in [1.807, 2.05) is 18.2 Å². The third-order valence-electron chi connectivity index (χ3n) is 5.07. The van der Waals surface area contributed by atoms with E-state index < -0.39 is 0 Å². The Bertz CT molecular complexity index is 917. The molecule has 0 aliphatic heterocycles. The maximum Gasteiger partial charge on any atom is 0.187 e. The largest absolute Gasteiger partial charge is 0.489 e. The Morgan fingerprint density at radius 2 is 1.93 bits per heavy atom. The fourth-order valence-electron chi connectivity index (χ4n) is 3.57. The zero-order chi connectivity index (χ0) is 19.3. The first kappa shape index (κ1) is 19.3. The Labute approximate surface area is 175 Å². The van der Waals surface area contributed by atoms with E-state index >= 15 is 0 Å². The summed E-state index contributed by atoms with van der Waals surface area (Å²) < 4.78 is 6.05. The van der Waals surface area contributed by atoms with E-state index in [1.54, 1.807) is 11.3 Å². The fourth-order valence-corrected chi connectivity index (χ4v) is 4.54. The van der Waals surface area contributed by atoms with Crippen molar-refractivity contribution in [2.45, 2.75) is 51.6 Å². The van der Waals surface area contributed by atoms with Gasteiger partial charge in [-0.1, -0.05) is 37.1 Å². The molecule has 1 aliphatic rings.